The Bertz CT molecular complexity index is 704. The highest BCUT2D eigenvalue weighted by atomic mass is 16.5. The highest BCUT2D eigenvalue weighted by molar-refractivity contribution is 5.94. The van der Waals surface area contributed by atoms with Gasteiger partial charge in [0.25, 0.3) is 5.91 Å². The topological polar surface area (TPSA) is 64.6 Å². The van der Waals surface area contributed by atoms with E-state index in [2.05, 4.69) is 10.1 Å². The fourth-order valence-corrected chi connectivity index (χ4v) is 2.26. The van der Waals surface area contributed by atoms with Crippen LogP contribution < -0.4 is 10.1 Å². The number of ether oxygens (including phenoxy) is 2. The number of carbonyl (C=O) groups is 2. The van der Waals surface area contributed by atoms with Gasteiger partial charge in [-0.2, -0.15) is 0 Å². The van der Waals surface area contributed by atoms with Crippen molar-refractivity contribution in [1.29, 1.82) is 0 Å². The molecule has 2 aromatic carbocycles. The highest BCUT2D eigenvalue weighted by Crippen LogP contribution is 2.19. The molecule has 2 aromatic rings. The lowest BCUT2D eigenvalue weighted by atomic mass is 10.1. The smallest absolute Gasteiger partial charge is 0.341 e. The first kappa shape index (κ1) is 16.5. The second kappa shape index (κ2) is 7.45. The minimum Gasteiger partial charge on any atom is -0.483 e. The van der Waals surface area contributed by atoms with Gasteiger partial charge in [0, 0.05) is 5.69 Å². The first-order valence-corrected chi connectivity index (χ1v) is 7.18. The number of carbonyl (C=O) groups excluding carboxylic acids is 2. The van der Waals surface area contributed by atoms with Gasteiger partial charge in [0.15, 0.2) is 6.61 Å². The zero-order valence-corrected chi connectivity index (χ0v) is 13.4. The number of aryl methyl sites for hydroxylation is 2. The van der Waals surface area contributed by atoms with Crippen LogP contribution in [0.5, 0.6) is 5.75 Å². The van der Waals surface area contributed by atoms with Crippen LogP contribution >= 0.6 is 0 Å². The molecule has 1 N–H and O–H groups in total. The van der Waals surface area contributed by atoms with Gasteiger partial charge in [-0.25, -0.2) is 4.79 Å². The summed E-state index contributed by atoms with van der Waals surface area (Å²) in [5.74, 6) is -0.486. The van der Waals surface area contributed by atoms with E-state index in [4.69, 9.17) is 4.74 Å². The SMILES string of the molecule is COC(=O)c1ccccc1OCC(=O)Nc1cc(C)cc(C)c1. The van der Waals surface area contributed by atoms with E-state index < -0.39 is 5.97 Å². The number of benzene rings is 2. The minimum absolute atomic E-state index is 0.193. The summed E-state index contributed by atoms with van der Waals surface area (Å²) in [4.78, 5) is 23.6. The summed E-state index contributed by atoms with van der Waals surface area (Å²) < 4.78 is 10.1. The van der Waals surface area contributed by atoms with Gasteiger partial charge in [0.05, 0.1) is 7.11 Å². The quantitative estimate of drug-likeness (QED) is 0.861. The number of methoxy groups -OCH3 is 1. The first-order valence-electron chi connectivity index (χ1n) is 7.18. The summed E-state index contributed by atoms with van der Waals surface area (Å²) in [6.07, 6.45) is 0. The van der Waals surface area contributed by atoms with Crippen molar-refractivity contribution in [3.63, 3.8) is 0 Å². The van der Waals surface area contributed by atoms with Crippen molar-refractivity contribution in [1.82, 2.24) is 0 Å². The third-order valence-electron chi connectivity index (χ3n) is 3.16. The molecule has 0 aromatic heterocycles. The van der Waals surface area contributed by atoms with E-state index in [1.54, 1.807) is 24.3 Å². The summed E-state index contributed by atoms with van der Waals surface area (Å²) in [5, 5.41) is 2.78. The largest absolute Gasteiger partial charge is 0.483 e. The molecule has 5 nitrogen and oxygen atoms in total. The van der Waals surface area contributed by atoms with Gasteiger partial charge in [0.2, 0.25) is 0 Å². The van der Waals surface area contributed by atoms with Gasteiger partial charge < -0.3 is 14.8 Å². The van der Waals surface area contributed by atoms with Crippen LogP contribution in [0, 0.1) is 13.8 Å². The number of rotatable bonds is 5. The average molecular weight is 313 g/mol. The molecule has 0 radical (unpaired) electrons. The molecule has 0 atom stereocenters. The number of hydrogen-bond acceptors (Lipinski definition) is 4. The summed E-state index contributed by atoms with van der Waals surface area (Å²) in [5.41, 5.74) is 3.14. The molecule has 5 heteroatoms. The number of nitrogens with one attached hydrogen (secondary N) is 1. The van der Waals surface area contributed by atoms with E-state index in [0.29, 0.717) is 5.75 Å². The Morgan fingerprint density at radius 1 is 1.04 bits per heavy atom. The van der Waals surface area contributed by atoms with E-state index in [1.165, 1.54) is 7.11 Å². The lowest BCUT2D eigenvalue weighted by Gasteiger charge is -2.11. The maximum atomic E-state index is 12.0. The first-order chi connectivity index (χ1) is 11.0. The minimum atomic E-state index is -0.504. The third-order valence-corrected chi connectivity index (χ3v) is 3.16. The van der Waals surface area contributed by atoms with Gasteiger partial charge in [-0.3, -0.25) is 4.79 Å². The van der Waals surface area contributed by atoms with Crippen molar-refractivity contribution in [3.05, 3.63) is 59.2 Å². The molecule has 0 saturated carbocycles. The zero-order chi connectivity index (χ0) is 16.8. The number of anilines is 1. The number of esters is 1. The van der Waals surface area contributed by atoms with Crippen molar-refractivity contribution in [3.8, 4) is 5.75 Å². The van der Waals surface area contributed by atoms with E-state index in [1.807, 2.05) is 32.0 Å². The van der Waals surface area contributed by atoms with Gasteiger partial charge in [-0.05, 0) is 49.2 Å². The van der Waals surface area contributed by atoms with Crippen molar-refractivity contribution < 1.29 is 19.1 Å². The highest BCUT2D eigenvalue weighted by Gasteiger charge is 2.13. The fraction of sp³-hybridized carbons (Fsp3) is 0.222. The van der Waals surface area contributed by atoms with Crippen LogP contribution in [0.4, 0.5) is 5.69 Å². The lowest BCUT2D eigenvalue weighted by molar-refractivity contribution is -0.118. The third kappa shape index (κ3) is 4.57. The fourth-order valence-electron chi connectivity index (χ4n) is 2.26. The zero-order valence-electron chi connectivity index (χ0n) is 13.4. The van der Waals surface area contributed by atoms with E-state index in [0.717, 1.165) is 16.8 Å². The molecule has 120 valence electrons. The number of hydrogen-bond donors (Lipinski definition) is 1. The van der Waals surface area contributed by atoms with Gasteiger partial charge in [0.1, 0.15) is 11.3 Å². The van der Waals surface area contributed by atoms with Crippen LogP contribution in [0.1, 0.15) is 21.5 Å². The van der Waals surface area contributed by atoms with E-state index >= 15 is 0 Å². The molecule has 0 unspecified atom stereocenters. The van der Waals surface area contributed by atoms with Crippen LogP contribution in [0.15, 0.2) is 42.5 Å². The molecule has 0 aliphatic heterocycles. The predicted octanol–water partition coefficient (Wildman–Crippen LogP) is 3.11. The summed E-state index contributed by atoms with van der Waals surface area (Å²) in [6, 6.07) is 12.4. The predicted molar refractivity (Wildman–Crippen MR) is 87.8 cm³/mol. The standard InChI is InChI=1S/C18H19NO4/c1-12-8-13(2)10-14(9-12)19-17(20)11-23-16-7-5-4-6-15(16)18(21)22-3/h4-10H,11H2,1-3H3,(H,19,20). The summed E-state index contributed by atoms with van der Waals surface area (Å²) in [6.45, 7) is 3.73. The van der Waals surface area contributed by atoms with Crippen LogP contribution in [-0.4, -0.2) is 25.6 Å². The molecule has 0 fully saturated rings. The molecular formula is C18H19NO4. The number of amides is 1. The maximum absolute atomic E-state index is 12.0. The van der Waals surface area contributed by atoms with Gasteiger partial charge in [-0.1, -0.05) is 18.2 Å². The van der Waals surface area contributed by atoms with Crippen LogP contribution in [0.2, 0.25) is 0 Å². The molecule has 0 saturated heterocycles. The second-order valence-corrected chi connectivity index (χ2v) is 5.20. The van der Waals surface area contributed by atoms with Crippen LogP contribution in [-0.2, 0) is 9.53 Å². The molecule has 0 spiro atoms. The van der Waals surface area contributed by atoms with Crippen molar-refractivity contribution >= 4 is 17.6 Å². The Morgan fingerprint density at radius 3 is 2.35 bits per heavy atom. The Balaban J connectivity index is 2.01. The summed E-state index contributed by atoms with van der Waals surface area (Å²) >= 11 is 0. The number of para-hydroxylation sites is 1. The summed E-state index contributed by atoms with van der Waals surface area (Å²) in [7, 11) is 1.30. The van der Waals surface area contributed by atoms with Crippen molar-refractivity contribution in [2.24, 2.45) is 0 Å². The second-order valence-electron chi connectivity index (χ2n) is 5.20. The van der Waals surface area contributed by atoms with E-state index in [9.17, 15) is 9.59 Å². The van der Waals surface area contributed by atoms with Crippen molar-refractivity contribution in [2.75, 3.05) is 19.0 Å². The molecule has 23 heavy (non-hydrogen) atoms. The van der Waals surface area contributed by atoms with Crippen molar-refractivity contribution in [2.45, 2.75) is 13.8 Å². The monoisotopic (exact) mass is 313 g/mol. The maximum Gasteiger partial charge on any atom is 0.341 e. The van der Waals surface area contributed by atoms with Gasteiger partial charge >= 0.3 is 5.97 Å². The van der Waals surface area contributed by atoms with E-state index in [-0.39, 0.29) is 18.1 Å². The molecule has 1 amide bonds. The van der Waals surface area contributed by atoms with Gasteiger partial charge in [-0.15, -0.1) is 0 Å². The Kier molecular flexibility index (Phi) is 5.36. The van der Waals surface area contributed by atoms with Crippen LogP contribution in [0.25, 0.3) is 0 Å². The Morgan fingerprint density at radius 2 is 1.70 bits per heavy atom. The lowest BCUT2D eigenvalue weighted by Crippen LogP contribution is -2.21. The Labute approximate surface area is 135 Å². The Hall–Kier alpha value is -2.82. The molecule has 0 heterocycles. The molecular weight excluding hydrogens is 294 g/mol. The van der Waals surface area contributed by atoms with Crippen LogP contribution in [0.3, 0.4) is 0 Å². The molecule has 0 aliphatic carbocycles. The molecule has 0 bridgehead atoms. The normalized spacial score (nSPS) is 10.0. The average Bonchev–Trinajstić information content (AvgIpc) is 2.51. The molecule has 0 aliphatic rings. The molecule has 2 rings (SSSR count).